The first-order chi connectivity index (χ1) is 9.06. The van der Waals surface area contributed by atoms with Crippen molar-refractivity contribution in [3.8, 4) is 0 Å². The van der Waals surface area contributed by atoms with Crippen LogP contribution in [0.25, 0.3) is 0 Å². The van der Waals surface area contributed by atoms with Crippen LogP contribution in [0, 0.1) is 5.92 Å². The number of carbonyl (C=O) groups excluding carboxylic acids is 1. The molecule has 6 nitrogen and oxygen atoms in total. The van der Waals surface area contributed by atoms with E-state index in [1.54, 1.807) is 0 Å². The van der Waals surface area contributed by atoms with Crippen molar-refractivity contribution in [1.82, 2.24) is 9.80 Å². The predicted molar refractivity (Wildman–Crippen MR) is 68.6 cm³/mol. The summed E-state index contributed by atoms with van der Waals surface area (Å²) in [5.41, 5.74) is 0. The number of hydrogen-bond donors (Lipinski definition) is 2. The minimum absolute atomic E-state index is 0.0322. The SMILES string of the molecule is O=C(O)C[C@@H]1CN(CC(=O)N2CCCCC2)C[C@H]1O. The van der Waals surface area contributed by atoms with E-state index in [0.29, 0.717) is 19.6 Å². The van der Waals surface area contributed by atoms with Crippen molar-refractivity contribution in [1.29, 1.82) is 0 Å². The number of carbonyl (C=O) groups is 2. The van der Waals surface area contributed by atoms with Crippen molar-refractivity contribution in [3.63, 3.8) is 0 Å². The van der Waals surface area contributed by atoms with Crippen LogP contribution in [0.4, 0.5) is 0 Å². The molecule has 0 aromatic heterocycles. The van der Waals surface area contributed by atoms with Gasteiger partial charge in [0.2, 0.25) is 5.91 Å². The first kappa shape index (κ1) is 14.3. The van der Waals surface area contributed by atoms with Crippen molar-refractivity contribution in [2.45, 2.75) is 31.8 Å². The number of aliphatic hydroxyl groups is 1. The molecule has 0 radical (unpaired) electrons. The minimum atomic E-state index is -0.895. The number of amides is 1. The molecule has 2 N–H and O–H groups in total. The van der Waals surface area contributed by atoms with Crippen molar-refractivity contribution in [3.05, 3.63) is 0 Å². The molecule has 19 heavy (non-hydrogen) atoms. The molecule has 1 amide bonds. The van der Waals surface area contributed by atoms with E-state index in [-0.39, 0.29) is 18.2 Å². The monoisotopic (exact) mass is 270 g/mol. The number of likely N-dealkylation sites (tertiary alicyclic amines) is 2. The molecular formula is C13H22N2O4. The van der Waals surface area contributed by atoms with Crippen molar-refractivity contribution in [2.75, 3.05) is 32.7 Å². The van der Waals surface area contributed by atoms with E-state index < -0.39 is 12.1 Å². The summed E-state index contributed by atoms with van der Waals surface area (Å²) in [6.45, 7) is 2.85. The lowest BCUT2D eigenvalue weighted by atomic mass is 10.0. The molecule has 0 spiro atoms. The molecule has 0 aromatic rings. The van der Waals surface area contributed by atoms with Crippen LogP contribution in [0.5, 0.6) is 0 Å². The molecule has 2 aliphatic rings. The second kappa shape index (κ2) is 6.34. The molecule has 2 saturated heterocycles. The van der Waals surface area contributed by atoms with Gasteiger partial charge in [-0.2, -0.15) is 0 Å². The molecule has 0 aliphatic carbocycles. The molecule has 0 saturated carbocycles. The average Bonchev–Trinajstić information content (AvgIpc) is 2.70. The van der Waals surface area contributed by atoms with Gasteiger partial charge >= 0.3 is 5.97 Å². The summed E-state index contributed by atoms with van der Waals surface area (Å²) in [5.74, 6) is -1.05. The second-order valence-electron chi connectivity index (χ2n) is 5.56. The Kier molecular flexibility index (Phi) is 4.76. The lowest BCUT2D eigenvalue weighted by Crippen LogP contribution is -2.42. The molecule has 2 atom stereocenters. The average molecular weight is 270 g/mol. The molecule has 108 valence electrons. The molecule has 2 heterocycles. The fourth-order valence-corrected chi connectivity index (χ4v) is 2.93. The van der Waals surface area contributed by atoms with Crippen molar-refractivity contribution in [2.24, 2.45) is 5.92 Å². The lowest BCUT2D eigenvalue weighted by Gasteiger charge is -2.28. The number of carboxylic acids is 1. The fourth-order valence-electron chi connectivity index (χ4n) is 2.93. The third kappa shape index (κ3) is 3.91. The topological polar surface area (TPSA) is 81.1 Å². The van der Waals surface area contributed by atoms with Crippen LogP contribution in [0.3, 0.4) is 0 Å². The maximum Gasteiger partial charge on any atom is 0.303 e. The number of carboxylic acid groups (broad SMARTS) is 1. The number of rotatable bonds is 4. The Morgan fingerprint density at radius 2 is 1.79 bits per heavy atom. The van der Waals surface area contributed by atoms with Crippen LogP contribution < -0.4 is 0 Å². The highest BCUT2D eigenvalue weighted by Gasteiger charge is 2.34. The van der Waals surface area contributed by atoms with Crippen LogP contribution >= 0.6 is 0 Å². The second-order valence-corrected chi connectivity index (χ2v) is 5.56. The van der Waals surface area contributed by atoms with Crippen LogP contribution in [0.1, 0.15) is 25.7 Å². The van der Waals surface area contributed by atoms with Gasteiger partial charge in [0.25, 0.3) is 0 Å². The van der Waals surface area contributed by atoms with Gasteiger partial charge in [0.15, 0.2) is 0 Å². The van der Waals surface area contributed by atoms with E-state index in [2.05, 4.69) is 0 Å². The normalized spacial score (nSPS) is 28.6. The summed E-state index contributed by atoms with van der Waals surface area (Å²) in [5, 5.41) is 18.6. The van der Waals surface area contributed by atoms with Gasteiger partial charge in [0.1, 0.15) is 0 Å². The van der Waals surface area contributed by atoms with Gasteiger partial charge in [-0.1, -0.05) is 0 Å². The van der Waals surface area contributed by atoms with Crippen LogP contribution in [-0.4, -0.2) is 70.7 Å². The zero-order valence-corrected chi connectivity index (χ0v) is 11.1. The van der Waals surface area contributed by atoms with Crippen LogP contribution in [0.2, 0.25) is 0 Å². The lowest BCUT2D eigenvalue weighted by molar-refractivity contribution is -0.138. The predicted octanol–water partition coefficient (Wildman–Crippen LogP) is -0.234. The Morgan fingerprint density at radius 3 is 2.42 bits per heavy atom. The molecule has 0 bridgehead atoms. The van der Waals surface area contributed by atoms with E-state index in [1.165, 1.54) is 6.42 Å². The van der Waals surface area contributed by atoms with E-state index in [1.807, 2.05) is 9.80 Å². The zero-order chi connectivity index (χ0) is 13.8. The number of hydrogen-bond acceptors (Lipinski definition) is 4. The van der Waals surface area contributed by atoms with Gasteiger partial charge in [-0.25, -0.2) is 0 Å². The van der Waals surface area contributed by atoms with Gasteiger partial charge < -0.3 is 15.1 Å². The third-order valence-corrected chi connectivity index (χ3v) is 3.99. The molecule has 2 rings (SSSR count). The molecule has 6 heteroatoms. The van der Waals surface area contributed by atoms with Gasteiger partial charge in [0.05, 0.1) is 19.1 Å². The molecule has 0 unspecified atom stereocenters. The fraction of sp³-hybridized carbons (Fsp3) is 0.846. The Hall–Kier alpha value is -1.14. The summed E-state index contributed by atoms with van der Waals surface area (Å²) >= 11 is 0. The number of aliphatic carboxylic acids is 1. The van der Waals surface area contributed by atoms with E-state index in [0.717, 1.165) is 25.9 Å². The van der Waals surface area contributed by atoms with Gasteiger partial charge in [-0.3, -0.25) is 14.5 Å². The molecule has 0 aromatic carbocycles. The summed E-state index contributed by atoms with van der Waals surface area (Å²) in [7, 11) is 0. The third-order valence-electron chi connectivity index (χ3n) is 3.99. The summed E-state index contributed by atoms with van der Waals surface area (Å²) in [6.07, 6.45) is 2.65. The maximum absolute atomic E-state index is 12.1. The van der Waals surface area contributed by atoms with Gasteiger partial charge in [-0.05, 0) is 19.3 Å². The van der Waals surface area contributed by atoms with Gasteiger partial charge in [0, 0.05) is 32.1 Å². The van der Waals surface area contributed by atoms with Crippen molar-refractivity contribution >= 4 is 11.9 Å². The molecule has 2 fully saturated rings. The van der Waals surface area contributed by atoms with Crippen LogP contribution in [-0.2, 0) is 9.59 Å². The van der Waals surface area contributed by atoms with E-state index in [4.69, 9.17) is 5.11 Å². The Bertz CT molecular complexity index is 342. The summed E-state index contributed by atoms with van der Waals surface area (Å²) in [6, 6.07) is 0. The number of β-amino-alcohol motifs (C(OH)–C–C–N with tert-alkyl or cyclic N) is 1. The smallest absolute Gasteiger partial charge is 0.303 e. The minimum Gasteiger partial charge on any atom is -0.481 e. The largest absolute Gasteiger partial charge is 0.481 e. The Labute approximate surface area is 113 Å². The highest BCUT2D eigenvalue weighted by atomic mass is 16.4. The first-order valence-electron chi connectivity index (χ1n) is 6.96. The summed E-state index contributed by atoms with van der Waals surface area (Å²) < 4.78 is 0. The first-order valence-corrected chi connectivity index (χ1v) is 6.96. The van der Waals surface area contributed by atoms with Gasteiger partial charge in [-0.15, -0.1) is 0 Å². The highest BCUT2D eigenvalue weighted by Crippen LogP contribution is 2.20. The quantitative estimate of drug-likeness (QED) is 0.737. The van der Waals surface area contributed by atoms with E-state index in [9.17, 15) is 14.7 Å². The molecular weight excluding hydrogens is 248 g/mol. The molecule has 2 aliphatic heterocycles. The number of nitrogens with zero attached hydrogens (tertiary/aromatic N) is 2. The van der Waals surface area contributed by atoms with Crippen molar-refractivity contribution < 1.29 is 19.8 Å². The zero-order valence-electron chi connectivity index (χ0n) is 11.1. The standard InChI is InChI=1S/C13H22N2O4/c16-11-8-14(7-10(11)6-13(18)19)9-12(17)15-4-2-1-3-5-15/h10-11,16H,1-9H2,(H,18,19)/t10-,11-/m1/s1. The Morgan fingerprint density at radius 1 is 1.11 bits per heavy atom. The highest BCUT2D eigenvalue weighted by molar-refractivity contribution is 5.78. The van der Waals surface area contributed by atoms with Crippen LogP contribution in [0.15, 0.2) is 0 Å². The number of aliphatic hydroxyl groups excluding tert-OH is 1. The Balaban J connectivity index is 1.80. The maximum atomic E-state index is 12.1. The summed E-state index contributed by atoms with van der Waals surface area (Å²) in [4.78, 5) is 26.5. The van der Waals surface area contributed by atoms with E-state index >= 15 is 0 Å². The number of piperidine rings is 1.